The molecule has 0 aliphatic carbocycles. The van der Waals surface area contributed by atoms with E-state index >= 15 is 0 Å². The van der Waals surface area contributed by atoms with Crippen molar-refractivity contribution < 1.29 is 4.74 Å². The van der Waals surface area contributed by atoms with E-state index in [1.54, 1.807) is 0 Å². The molecule has 1 nitrogen and oxygen atoms in total. The third kappa shape index (κ3) is 3.25. The fourth-order valence-corrected chi connectivity index (χ4v) is 1.19. The summed E-state index contributed by atoms with van der Waals surface area (Å²) in [6, 6.07) is 8.10. The molecule has 0 aliphatic rings. The second kappa shape index (κ2) is 5.48. The number of para-hydroxylation sites is 1. The second-order valence-corrected chi connectivity index (χ2v) is 3.74. The third-order valence-corrected chi connectivity index (χ3v) is 1.84. The molecule has 0 aromatic heterocycles. The molecule has 0 fully saturated rings. The minimum absolute atomic E-state index is 0.564. The summed E-state index contributed by atoms with van der Waals surface area (Å²) in [4.78, 5) is 0. The van der Waals surface area contributed by atoms with Gasteiger partial charge in [-0.05, 0) is 18.9 Å². The molecule has 0 heterocycles. The van der Waals surface area contributed by atoms with Crippen molar-refractivity contribution in [1.82, 2.24) is 0 Å². The molecule has 0 atom stereocenters. The lowest BCUT2D eigenvalue weighted by molar-refractivity contribution is 0.270. The maximum absolute atomic E-state index is 5.70. The fraction of sp³-hybridized carbons (Fsp3) is 0.385. The fourth-order valence-electron chi connectivity index (χ4n) is 1.19. The lowest BCUT2D eigenvalue weighted by atomic mass is 10.2. The van der Waals surface area contributed by atoms with Crippen molar-refractivity contribution in [2.24, 2.45) is 5.92 Å². The van der Waals surface area contributed by atoms with E-state index in [1.165, 1.54) is 0 Å². The molecule has 0 amide bonds. The Bertz CT molecular complexity index is 300. The normalized spacial score (nSPS) is 11.1. The standard InChI is InChI=1S/C13H18O/c1-4-7-12-8-5-6-9-13(12)14-10-11(2)3/h4-9,11H,10H2,1-3H3/b7-4+. The first-order chi connectivity index (χ1) is 6.74. The first-order valence-electron chi connectivity index (χ1n) is 5.08. The van der Waals surface area contributed by atoms with Crippen LogP contribution in [-0.2, 0) is 0 Å². The van der Waals surface area contributed by atoms with Crippen LogP contribution in [0.25, 0.3) is 6.08 Å². The Kier molecular flexibility index (Phi) is 4.24. The maximum Gasteiger partial charge on any atom is 0.126 e. The quantitative estimate of drug-likeness (QED) is 0.702. The molecule has 1 aromatic rings. The summed E-state index contributed by atoms with van der Waals surface area (Å²) in [7, 11) is 0. The molecule has 14 heavy (non-hydrogen) atoms. The van der Waals surface area contributed by atoms with Gasteiger partial charge in [-0.25, -0.2) is 0 Å². The molecule has 0 saturated heterocycles. The van der Waals surface area contributed by atoms with Crippen molar-refractivity contribution in [2.75, 3.05) is 6.61 Å². The zero-order valence-corrected chi connectivity index (χ0v) is 9.16. The van der Waals surface area contributed by atoms with Crippen molar-refractivity contribution in [1.29, 1.82) is 0 Å². The molecule has 1 heteroatoms. The molecule has 76 valence electrons. The Morgan fingerprint density at radius 1 is 1.29 bits per heavy atom. The lowest BCUT2D eigenvalue weighted by Gasteiger charge is -2.10. The van der Waals surface area contributed by atoms with E-state index in [0.717, 1.165) is 17.9 Å². The van der Waals surface area contributed by atoms with Crippen molar-refractivity contribution in [3.8, 4) is 5.75 Å². The minimum atomic E-state index is 0.564. The molecule has 1 rings (SSSR count). The molecular formula is C13H18O. The highest BCUT2D eigenvalue weighted by molar-refractivity contribution is 5.56. The Balaban J connectivity index is 2.74. The van der Waals surface area contributed by atoms with Crippen LogP contribution in [0.1, 0.15) is 26.3 Å². The number of ether oxygens (including phenoxy) is 1. The molecule has 0 bridgehead atoms. The summed E-state index contributed by atoms with van der Waals surface area (Å²) in [6.45, 7) is 7.09. The maximum atomic E-state index is 5.70. The SMILES string of the molecule is C/C=C/c1ccccc1OCC(C)C. The summed E-state index contributed by atoms with van der Waals surface area (Å²) in [5.74, 6) is 1.54. The van der Waals surface area contributed by atoms with E-state index < -0.39 is 0 Å². The van der Waals surface area contributed by atoms with Gasteiger partial charge in [-0.15, -0.1) is 0 Å². The van der Waals surface area contributed by atoms with Crippen LogP contribution in [-0.4, -0.2) is 6.61 Å². The Morgan fingerprint density at radius 3 is 2.64 bits per heavy atom. The molecule has 0 unspecified atom stereocenters. The summed E-state index contributed by atoms with van der Waals surface area (Å²) >= 11 is 0. The average Bonchev–Trinajstić information content (AvgIpc) is 2.17. The van der Waals surface area contributed by atoms with Gasteiger partial charge in [-0.1, -0.05) is 44.2 Å². The van der Waals surface area contributed by atoms with Crippen LogP contribution in [0, 0.1) is 5.92 Å². The Hall–Kier alpha value is -1.24. The van der Waals surface area contributed by atoms with Crippen LogP contribution in [0.15, 0.2) is 30.3 Å². The zero-order chi connectivity index (χ0) is 10.4. The molecule has 0 saturated carbocycles. The van der Waals surface area contributed by atoms with Gasteiger partial charge < -0.3 is 4.74 Å². The monoisotopic (exact) mass is 190 g/mol. The number of benzene rings is 1. The van der Waals surface area contributed by atoms with Gasteiger partial charge in [0.2, 0.25) is 0 Å². The van der Waals surface area contributed by atoms with E-state index in [2.05, 4.69) is 26.0 Å². The number of allylic oxidation sites excluding steroid dienone is 1. The van der Waals surface area contributed by atoms with Crippen molar-refractivity contribution >= 4 is 6.08 Å². The van der Waals surface area contributed by atoms with E-state index in [-0.39, 0.29) is 0 Å². The first kappa shape index (κ1) is 10.8. The van der Waals surface area contributed by atoms with Gasteiger partial charge in [0.1, 0.15) is 5.75 Å². The first-order valence-corrected chi connectivity index (χ1v) is 5.08. The highest BCUT2D eigenvalue weighted by atomic mass is 16.5. The predicted octanol–water partition coefficient (Wildman–Crippen LogP) is 3.75. The Morgan fingerprint density at radius 2 is 2.00 bits per heavy atom. The molecule has 0 radical (unpaired) electrons. The molecule has 0 N–H and O–H groups in total. The van der Waals surface area contributed by atoms with Gasteiger partial charge in [-0.2, -0.15) is 0 Å². The van der Waals surface area contributed by atoms with Gasteiger partial charge in [0.15, 0.2) is 0 Å². The smallest absolute Gasteiger partial charge is 0.126 e. The highest BCUT2D eigenvalue weighted by Gasteiger charge is 2.00. The minimum Gasteiger partial charge on any atom is -0.493 e. The van der Waals surface area contributed by atoms with Gasteiger partial charge in [0.05, 0.1) is 6.61 Å². The van der Waals surface area contributed by atoms with Crippen LogP contribution in [0.3, 0.4) is 0 Å². The molecular weight excluding hydrogens is 172 g/mol. The van der Waals surface area contributed by atoms with Crippen molar-refractivity contribution in [2.45, 2.75) is 20.8 Å². The largest absolute Gasteiger partial charge is 0.493 e. The van der Waals surface area contributed by atoms with Gasteiger partial charge >= 0.3 is 0 Å². The number of hydrogen-bond acceptors (Lipinski definition) is 1. The zero-order valence-electron chi connectivity index (χ0n) is 9.16. The summed E-state index contributed by atoms with van der Waals surface area (Å²) in [5, 5.41) is 0. The summed E-state index contributed by atoms with van der Waals surface area (Å²) < 4.78 is 5.70. The van der Waals surface area contributed by atoms with Crippen LogP contribution in [0.2, 0.25) is 0 Å². The van der Waals surface area contributed by atoms with Gasteiger partial charge in [-0.3, -0.25) is 0 Å². The average molecular weight is 190 g/mol. The van der Waals surface area contributed by atoms with E-state index in [4.69, 9.17) is 4.74 Å². The van der Waals surface area contributed by atoms with Gasteiger partial charge in [0.25, 0.3) is 0 Å². The molecule has 1 aromatic carbocycles. The molecule has 0 spiro atoms. The van der Waals surface area contributed by atoms with Crippen molar-refractivity contribution in [3.63, 3.8) is 0 Å². The molecule has 0 aliphatic heterocycles. The van der Waals surface area contributed by atoms with Crippen molar-refractivity contribution in [3.05, 3.63) is 35.9 Å². The topological polar surface area (TPSA) is 9.23 Å². The second-order valence-electron chi connectivity index (χ2n) is 3.74. The van der Waals surface area contributed by atoms with Crippen LogP contribution < -0.4 is 4.74 Å². The summed E-state index contributed by atoms with van der Waals surface area (Å²) in [6.07, 6.45) is 4.09. The number of hydrogen-bond donors (Lipinski definition) is 0. The number of rotatable bonds is 4. The predicted molar refractivity (Wildman–Crippen MR) is 61.5 cm³/mol. The van der Waals surface area contributed by atoms with Crippen LogP contribution >= 0.6 is 0 Å². The van der Waals surface area contributed by atoms with Crippen LogP contribution in [0.4, 0.5) is 0 Å². The lowest BCUT2D eigenvalue weighted by Crippen LogP contribution is -2.05. The van der Waals surface area contributed by atoms with E-state index in [9.17, 15) is 0 Å². The third-order valence-electron chi connectivity index (χ3n) is 1.84. The van der Waals surface area contributed by atoms with Crippen LogP contribution in [0.5, 0.6) is 5.75 Å². The Labute approximate surface area is 86.4 Å². The summed E-state index contributed by atoms with van der Waals surface area (Å²) in [5.41, 5.74) is 1.15. The van der Waals surface area contributed by atoms with Gasteiger partial charge in [0, 0.05) is 5.56 Å². The van der Waals surface area contributed by atoms with E-state index in [0.29, 0.717) is 5.92 Å². The van der Waals surface area contributed by atoms with E-state index in [1.807, 2.05) is 31.2 Å². The highest BCUT2D eigenvalue weighted by Crippen LogP contribution is 2.19.